The van der Waals surface area contributed by atoms with Gasteiger partial charge in [0.05, 0.1) is 23.6 Å². The number of carbonyl (C=O) groups is 2. The number of nitrogens with zero attached hydrogens (tertiary/aromatic N) is 2. The van der Waals surface area contributed by atoms with Gasteiger partial charge in [-0.2, -0.15) is 0 Å². The summed E-state index contributed by atoms with van der Waals surface area (Å²) < 4.78 is 5.22. The van der Waals surface area contributed by atoms with Crippen molar-refractivity contribution in [2.24, 2.45) is 4.99 Å². The molecule has 3 aromatic rings. The Bertz CT molecular complexity index is 1240. The number of ether oxygens (including phenoxy) is 1. The molecule has 0 atom stereocenters. The van der Waals surface area contributed by atoms with E-state index >= 15 is 0 Å². The molecule has 33 heavy (non-hydrogen) atoms. The highest BCUT2D eigenvalue weighted by Crippen LogP contribution is 2.34. The zero-order valence-electron chi connectivity index (χ0n) is 17.9. The molecule has 1 aliphatic rings. The monoisotopic (exact) mass is 497 g/mol. The first-order valence-electron chi connectivity index (χ1n) is 9.96. The number of aliphatic imine (C=N–C) groups is 1. The van der Waals surface area contributed by atoms with E-state index in [1.54, 1.807) is 24.3 Å². The van der Waals surface area contributed by atoms with Gasteiger partial charge in [-0.1, -0.05) is 47.1 Å². The maximum Gasteiger partial charge on any atom is 0.283 e. The number of halogens is 1. The Balaban J connectivity index is 1.57. The van der Waals surface area contributed by atoms with Crippen molar-refractivity contribution in [2.75, 3.05) is 23.1 Å². The third-order valence-electron chi connectivity index (χ3n) is 4.71. The lowest BCUT2D eigenvalue weighted by Crippen LogP contribution is -2.31. The average molecular weight is 498 g/mol. The van der Waals surface area contributed by atoms with Crippen molar-refractivity contribution in [3.63, 3.8) is 0 Å². The molecule has 4 rings (SSSR count). The first-order valence-corrected chi connectivity index (χ1v) is 12.2. The van der Waals surface area contributed by atoms with Crippen LogP contribution >= 0.6 is 34.7 Å². The standard InChI is InChI=1S/C24H20ClN3O3S2/c1-15-5-7-16(8-6-15)26-22(29)14-33-24-27-20(13-18-4-3-11-32-18)23(30)28(24)17-9-10-21(31-2)19(25)12-17/h3-13H,14H2,1-2H3,(H,26,29)/b20-13-. The van der Waals surface area contributed by atoms with Gasteiger partial charge in [0, 0.05) is 10.6 Å². The molecule has 168 valence electrons. The van der Waals surface area contributed by atoms with Crippen molar-refractivity contribution in [2.45, 2.75) is 6.92 Å². The first-order chi connectivity index (χ1) is 15.9. The first kappa shape index (κ1) is 23.1. The van der Waals surface area contributed by atoms with Crippen LogP contribution in [0.4, 0.5) is 11.4 Å². The Labute approximate surface area is 204 Å². The largest absolute Gasteiger partial charge is 0.495 e. The summed E-state index contributed by atoms with van der Waals surface area (Å²) in [6.45, 7) is 1.98. The number of amidine groups is 1. The summed E-state index contributed by atoms with van der Waals surface area (Å²) in [5, 5.41) is 5.57. The van der Waals surface area contributed by atoms with Gasteiger partial charge in [-0.15, -0.1) is 11.3 Å². The van der Waals surface area contributed by atoms with Gasteiger partial charge in [0.1, 0.15) is 11.4 Å². The van der Waals surface area contributed by atoms with E-state index in [1.165, 1.54) is 35.1 Å². The molecule has 0 aliphatic carbocycles. The summed E-state index contributed by atoms with van der Waals surface area (Å²) in [5.41, 5.74) is 2.67. The van der Waals surface area contributed by atoms with Gasteiger partial charge in [0.15, 0.2) is 5.17 Å². The summed E-state index contributed by atoms with van der Waals surface area (Å²) in [5.74, 6) is 0.116. The fraction of sp³-hybridized carbons (Fsp3) is 0.125. The van der Waals surface area contributed by atoms with E-state index in [1.807, 2.05) is 48.7 Å². The zero-order chi connectivity index (χ0) is 23.4. The average Bonchev–Trinajstić information content (AvgIpc) is 3.42. The molecule has 0 fully saturated rings. The molecule has 0 saturated heterocycles. The highest BCUT2D eigenvalue weighted by Gasteiger charge is 2.33. The second-order valence-corrected chi connectivity index (χ2v) is 9.43. The summed E-state index contributed by atoms with van der Waals surface area (Å²) >= 11 is 8.99. The van der Waals surface area contributed by atoms with Crippen LogP contribution in [0.3, 0.4) is 0 Å². The lowest BCUT2D eigenvalue weighted by Gasteiger charge is -2.18. The van der Waals surface area contributed by atoms with Gasteiger partial charge < -0.3 is 10.1 Å². The van der Waals surface area contributed by atoms with Crippen molar-refractivity contribution in [1.29, 1.82) is 0 Å². The van der Waals surface area contributed by atoms with Crippen LogP contribution in [0.5, 0.6) is 5.75 Å². The number of hydrogen-bond donors (Lipinski definition) is 1. The molecule has 0 bridgehead atoms. The predicted molar refractivity (Wildman–Crippen MR) is 137 cm³/mol. The number of methoxy groups -OCH3 is 1. The number of hydrogen-bond acceptors (Lipinski definition) is 6. The van der Waals surface area contributed by atoms with Gasteiger partial charge in [0.25, 0.3) is 5.91 Å². The van der Waals surface area contributed by atoms with Crippen LogP contribution in [0.15, 0.2) is 70.7 Å². The molecule has 1 aliphatic heterocycles. The molecule has 1 N–H and O–H groups in total. The molecule has 2 amide bonds. The van der Waals surface area contributed by atoms with E-state index in [2.05, 4.69) is 10.3 Å². The highest BCUT2D eigenvalue weighted by atomic mass is 35.5. The van der Waals surface area contributed by atoms with Gasteiger partial charge >= 0.3 is 0 Å². The Kier molecular flexibility index (Phi) is 7.17. The van der Waals surface area contributed by atoms with Crippen LogP contribution in [0.25, 0.3) is 6.08 Å². The molecular formula is C24H20ClN3O3S2. The third kappa shape index (κ3) is 5.47. The number of rotatable bonds is 6. The molecule has 6 nitrogen and oxygen atoms in total. The fourth-order valence-electron chi connectivity index (χ4n) is 3.09. The van der Waals surface area contributed by atoms with Crippen molar-refractivity contribution in [1.82, 2.24) is 0 Å². The van der Waals surface area contributed by atoms with Crippen LogP contribution < -0.4 is 15.0 Å². The van der Waals surface area contributed by atoms with E-state index in [-0.39, 0.29) is 17.6 Å². The van der Waals surface area contributed by atoms with Crippen LogP contribution in [-0.2, 0) is 9.59 Å². The number of thioether (sulfide) groups is 1. The number of thiophene rings is 1. The van der Waals surface area contributed by atoms with Gasteiger partial charge in [0.2, 0.25) is 5.91 Å². The van der Waals surface area contributed by atoms with E-state index in [0.717, 1.165) is 10.4 Å². The van der Waals surface area contributed by atoms with Crippen LogP contribution in [-0.4, -0.2) is 29.8 Å². The lowest BCUT2D eigenvalue weighted by atomic mass is 10.2. The second-order valence-electron chi connectivity index (χ2n) is 7.10. The fourth-order valence-corrected chi connectivity index (χ4v) is 4.80. The SMILES string of the molecule is COc1ccc(N2C(=O)/C(=C/c3cccs3)N=C2SCC(=O)Nc2ccc(C)cc2)cc1Cl. The molecule has 0 unspecified atom stereocenters. The number of nitrogens with one attached hydrogen (secondary N) is 1. The maximum absolute atomic E-state index is 13.2. The molecule has 2 aromatic carbocycles. The van der Waals surface area contributed by atoms with E-state index in [4.69, 9.17) is 16.3 Å². The number of anilines is 2. The van der Waals surface area contributed by atoms with E-state index in [0.29, 0.717) is 33.0 Å². The molecule has 0 saturated carbocycles. The number of benzene rings is 2. The van der Waals surface area contributed by atoms with Gasteiger partial charge in [-0.05, 0) is 54.8 Å². The lowest BCUT2D eigenvalue weighted by molar-refractivity contribution is -0.114. The summed E-state index contributed by atoms with van der Waals surface area (Å²) in [6.07, 6.45) is 1.74. The molecular weight excluding hydrogens is 478 g/mol. The normalized spacial score (nSPS) is 14.5. The molecule has 0 radical (unpaired) electrons. The Morgan fingerprint density at radius 1 is 1.24 bits per heavy atom. The predicted octanol–water partition coefficient (Wildman–Crippen LogP) is 5.83. The minimum Gasteiger partial charge on any atom is -0.495 e. The van der Waals surface area contributed by atoms with Gasteiger partial charge in [-0.3, -0.25) is 14.5 Å². The van der Waals surface area contributed by atoms with E-state index < -0.39 is 0 Å². The molecule has 2 heterocycles. The quantitative estimate of drug-likeness (QED) is 0.435. The zero-order valence-corrected chi connectivity index (χ0v) is 20.3. The van der Waals surface area contributed by atoms with Crippen molar-refractivity contribution in [3.05, 3.63) is 81.1 Å². The smallest absolute Gasteiger partial charge is 0.283 e. The van der Waals surface area contributed by atoms with Crippen LogP contribution in [0.1, 0.15) is 10.4 Å². The minimum absolute atomic E-state index is 0.0899. The van der Waals surface area contributed by atoms with Crippen LogP contribution in [0.2, 0.25) is 5.02 Å². The topological polar surface area (TPSA) is 71.0 Å². The van der Waals surface area contributed by atoms with E-state index in [9.17, 15) is 9.59 Å². The Morgan fingerprint density at radius 2 is 2.03 bits per heavy atom. The number of carbonyl (C=O) groups excluding carboxylic acids is 2. The van der Waals surface area contributed by atoms with Crippen molar-refractivity contribution >= 4 is 69.1 Å². The summed E-state index contributed by atoms with van der Waals surface area (Å²) in [4.78, 5) is 32.7. The number of aryl methyl sites for hydroxylation is 1. The maximum atomic E-state index is 13.2. The second kappa shape index (κ2) is 10.2. The number of amides is 2. The van der Waals surface area contributed by atoms with Crippen molar-refractivity contribution in [3.8, 4) is 5.75 Å². The Hall–Kier alpha value is -3.07. The summed E-state index contributed by atoms with van der Waals surface area (Å²) in [6, 6.07) is 16.5. The minimum atomic E-state index is -0.286. The molecule has 9 heteroatoms. The third-order valence-corrected chi connectivity index (χ3v) is 6.77. The van der Waals surface area contributed by atoms with Crippen molar-refractivity contribution < 1.29 is 14.3 Å². The van der Waals surface area contributed by atoms with Crippen LogP contribution in [0, 0.1) is 6.92 Å². The Morgan fingerprint density at radius 3 is 2.70 bits per heavy atom. The van der Waals surface area contributed by atoms with Gasteiger partial charge in [-0.25, -0.2) is 4.99 Å². The summed E-state index contributed by atoms with van der Waals surface area (Å²) in [7, 11) is 1.53. The highest BCUT2D eigenvalue weighted by molar-refractivity contribution is 8.14. The molecule has 1 aromatic heterocycles. The molecule has 0 spiro atoms.